The summed E-state index contributed by atoms with van der Waals surface area (Å²) in [5, 5.41) is 0. The molecule has 0 fully saturated rings. The van der Waals surface area contributed by atoms with Gasteiger partial charge in [0, 0.05) is 29.7 Å². The smallest absolute Gasteiger partial charge is 0.299 e. The number of carbonyl (C=O) groups excluding carboxylic acids is 1. The minimum Gasteiger partial charge on any atom is -0.299 e. The number of hydrogen-bond donors (Lipinski definition) is 0. The highest BCUT2D eigenvalue weighted by Gasteiger charge is 2.43. The van der Waals surface area contributed by atoms with Gasteiger partial charge in [-0.2, -0.15) is 13.2 Å². The van der Waals surface area contributed by atoms with E-state index in [1.165, 1.54) is 5.56 Å². The maximum atomic E-state index is 13.2. The lowest BCUT2D eigenvalue weighted by molar-refractivity contribution is -0.170. The highest BCUT2D eigenvalue weighted by molar-refractivity contribution is 14.1. The van der Waals surface area contributed by atoms with Crippen molar-refractivity contribution in [1.29, 1.82) is 0 Å². The number of alkyl halides is 3. The van der Waals surface area contributed by atoms with Gasteiger partial charge in [-0.3, -0.25) is 14.6 Å². The van der Waals surface area contributed by atoms with E-state index in [9.17, 15) is 18.0 Å². The van der Waals surface area contributed by atoms with E-state index < -0.39 is 12.1 Å². The van der Waals surface area contributed by atoms with Gasteiger partial charge in [-0.05, 0) is 46.7 Å². The molecule has 0 spiro atoms. The SMILES string of the molecule is CC.O=C(N(CC1=CCN(Cc2ccccc2)CC1)c1ccccc1I)C(F)(F)F. The first kappa shape index (κ1) is 24.4. The number of benzene rings is 2. The summed E-state index contributed by atoms with van der Waals surface area (Å²) in [7, 11) is 0. The first-order valence-electron chi connectivity index (χ1n) is 9.92. The van der Waals surface area contributed by atoms with E-state index in [1.807, 2.05) is 60.7 Å². The Kier molecular flexibility index (Phi) is 9.36. The zero-order valence-corrected chi connectivity index (χ0v) is 19.3. The highest BCUT2D eigenvalue weighted by Crippen LogP contribution is 2.29. The lowest BCUT2D eigenvalue weighted by Gasteiger charge is -2.30. The molecule has 0 saturated carbocycles. The maximum absolute atomic E-state index is 13.2. The van der Waals surface area contributed by atoms with Crippen LogP contribution in [0.5, 0.6) is 0 Å². The molecule has 3 rings (SSSR count). The summed E-state index contributed by atoms with van der Waals surface area (Å²) in [5.74, 6) is -1.83. The van der Waals surface area contributed by atoms with Crippen molar-refractivity contribution in [2.24, 2.45) is 0 Å². The number of carbonyl (C=O) groups is 1. The number of rotatable bonds is 5. The minimum atomic E-state index is -4.91. The summed E-state index contributed by atoms with van der Waals surface area (Å²) >= 11 is 1.96. The lowest BCUT2D eigenvalue weighted by atomic mass is 10.1. The van der Waals surface area contributed by atoms with Crippen LogP contribution in [0.4, 0.5) is 18.9 Å². The molecule has 1 aliphatic heterocycles. The average Bonchev–Trinajstić information content (AvgIpc) is 2.75. The van der Waals surface area contributed by atoms with E-state index in [4.69, 9.17) is 0 Å². The number of nitrogens with zero attached hydrogens (tertiary/aromatic N) is 2. The molecule has 0 atom stereocenters. The topological polar surface area (TPSA) is 23.6 Å². The van der Waals surface area contributed by atoms with Crippen LogP contribution in [0.15, 0.2) is 66.2 Å². The Balaban J connectivity index is 0.00000155. The predicted molar refractivity (Wildman–Crippen MR) is 123 cm³/mol. The average molecular weight is 530 g/mol. The van der Waals surface area contributed by atoms with Crippen LogP contribution in [0.25, 0.3) is 0 Å². The lowest BCUT2D eigenvalue weighted by Crippen LogP contribution is -2.43. The molecule has 30 heavy (non-hydrogen) atoms. The van der Waals surface area contributed by atoms with Crippen LogP contribution >= 0.6 is 22.6 Å². The van der Waals surface area contributed by atoms with Gasteiger partial charge in [0.1, 0.15) is 0 Å². The second-order valence-electron chi connectivity index (χ2n) is 6.67. The Morgan fingerprint density at radius 3 is 2.27 bits per heavy atom. The normalized spacial score (nSPS) is 14.4. The number of hydrogen-bond acceptors (Lipinski definition) is 2. The number of amides is 1. The number of para-hydroxylation sites is 1. The Hall–Kier alpha value is -1.87. The summed E-state index contributed by atoms with van der Waals surface area (Å²) in [5.41, 5.74) is 2.34. The first-order chi connectivity index (χ1) is 14.3. The standard InChI is InChI=1S/C21H20F3IN2O.C2H6/c22-21(23,24)20(28)27(19-9-5-4-8-18(19)25)15-17-10-12-26(13-11-17)14-16-6-2-1-3-7-16;1-2/h1-10H,11-15H2;1-2H3. The third kappa shape index (κ3) is 6.84. The fraction of sp³-hybridized carbons (Fsp3) is 0.348. The van der Waals surface area contributed by atoms with Crippen molar-refractivity contribution in [3.63, 3.8) is 0 Å². The van der Waals surface area contributed by atoms with Crippen LogP contribution < -0.4 is 4.90 Å². The van der Waals surface area contributed by atoms with Crippen LogP contribution in [0.3, 0.4) is 0 Å². The molecule has 1 heterocycles. The summed E-state index contributed by atoms with van der Waals surface area (Å²) in [6.45, 7) is 6.16. The first-order valence-corrected chi connectivity index (χ1v) is 11.0. The predicted octanol–water partition coefficient (Wildman–Crippen LogP) is 6.05. The van der Waals surface area contributed by atoms with Gasteiger partial charge in [0.2, 0.25) is 0 Å². The second kappa shape index (κ2) is 11.5. The Labute approximate surface area is 189 Å². The van der Waals surface area contributed by atoms with Gasteiger partial charge >= 0.3 is 12.1 Å². The van der Waals surface area contributed by atoms with Gasteiger partial charge in [0.05, 0.1) is 5.69 Å². The Bertz CT molecular complexity index is 853. The zero-order valence-electron chi connectivity index (χ0n) is 17.1. The van der Waals surface area contributed by atoms with Crippen molar-refractivity contribution >= 4 is 34.2 Å². The third-order valence-electron chi connectivity index (χ3n) is 4.63. The van der Waals surface area contributed by atoms with Gasteiger partial charge in [0.25, 0.3) is 0 Å². The number of halogens is 4. The van der Waals surface area contributed by atoms with Gasteiger partial charge in [-0.25, -0.2) is 0 Å². The molecule has 1 aliphatic rings. The molecule has 0 unspecified atom stereocenters. The zero-order chi connectivity index (χ0) is 22.1. The summed E-state index contributed by atoms with van der Waals surface area (Å²) in [6.07, 6.45) is -2.33. The van der Waals surface area contributed by atoms with Gasteiger partial charge in [-0.15, -0.1) is 0 Å². The van der Waals surface area contributed by atoms with E-state index in [0.29, 0.717) is 16.5 Å². The molecule has 1 amide bonds. The Morgan fingerprint density at radius 2 is 1.70 bits per heavy atom. The largest absolute Gasteiger partial charge is 0.471 e. The highest BCUT2D eigenvalue weighted by atomic mass is 127. The second-order valence-corrected chi connectivity index (χ2v) is 7.84. The molecule has 2 aromatic rings. The minimum absolute atomic E-state index is 0.0441. The molecule has 7 heteroatoms. The van der Waals surface area contributed by atoms with Gasteiger partial charge in [-0.1, -0.05) is 68.0 Å². The monoisotopic (exact) mass is 530 g/mol. The van der Waals surface area contributed by atoms with Crippen molar-refractivity contribution in [3.05, 3.63) is 75.4 Å². The van der Waals surface area contributed by atoms with Crippen LogP contribution in [0.1, 0.15) is 25.8 Å². The molecule has 0 N–H and O–H groups in total. The molecular weight excluding hydrogens is 504 g/mol. The van der Waals surface area contributed by atoms with Crippen molar-refractivity contribution in [2.45, 2.75) is 33.0 Å². The molecule has 162 valence electrons. The summed E-state index contributed by atoms with van der Waals surface area (Å²) in [6, 6.07) is 16.7. The molecule has 0 aromatic heterocycles. The Morgan fingerprint density at radius 1 is 1.07 bits per heavy atom. The van der Waals surface area contributed by atoms with Crippen molar-refractivity contribution in [2.75, 3.05) is 24.5 Å². The van der Waals surface area contributed by atoms with Gasteiger partial charge in [0.15, 0.2) is 0 Å². The third-order valence-corrected chi connectivity index (χ3v) is 5.54. The molecular formula is C23H26F3IN2O. The van der Waals surface area contributed by atoms with Gasteiger partial charge < -0.3 is 0 Å². The number of anilines is 1. The fourth-order valence-corrected chi connectivity index (χ4v) is 3.85. The summed E-state index contributed by atoms with van der Waals surface area (Å²) in [4.78, 5) is 15.1. The van der Waals surface area contributed by atoms with Crippen molar-refractivity contribution < 1.29 is 18.0 Å². The molecule has 2 aromatic carbocycles. The van der Waals surface area contributed by atoms with Crippen molar-refractivity contribution in [3.8, 4) is 0 Å². The van der Waals surface area contributed by atoms with E-state index in [-0.39, 0.29) is 12.2 Å². The van der Waals surface area contributed by atoms with E-state index in [2.05, 4.69) is 17.0 Å². The molecule has 0 aliphatic carbocycles. The van der Waals surface area contributed by atoms with Crippen LogP contribution in [0.2, 0.25) is 0 Å². The van der Waals surface area contributed by atoms with E-state index >= 15 is 0 Å². The van der Waals surface area contributed by atoms with Crippen LogP contribution in [-0.2, 0) is 11.3 Å². The van der Waals surface area contributed by atoms with E-state index in [1.54, 1.807) is 24.3 Å². The van der Waals surface area contributed by atoms with E-state index in [0.717, 1.165) is 23.6 Å². The molecule has 0 radical (unpaired) electrons. The van der Waals surface area contributed by atoms with Crippen LogP contribution in [-0.4, -0.2) is 36.6 Å². The fourth-order valence-electron chi connectivity index (χ4n) is 3.18. The quantitative estimate of drug-likeness (QED) is 0.348. The molecule has 0 bridgehead atoms. The maximum Gasteiger partial charge on any atom is 0.471 e. The van der Waals surface area contributed by atoms with Crippen molar-refractivity contribution in [1.82, 2.24) is 4.90 Å². The van der Waals surface area contributed by atoms with Crippen LogP contribution in [0, 0.1) is 3.57 Å². The molecule has 0 saturated heterocycles. The molecule has 3 nitrogen and oxygen atoms in total. The summed E-state index contributed by atoms with van der Waals surface area (Å²) < 4.78 is 40.1.